The molecule has 15 heavy (non-hydrogen) atoms. The molecule has 2 unspecified atom stereocenters. The molecule has 0 aromatic rings. The molecular weight excluding hydrogens is 200 g/mol. The van der Waals surface area contributed by atoms with E-state index in [2.05, 4.69) is 10.6 Å². The standard InChI is InChI=1S/C9H12N2O4/c1-2-15-7(13)5-3-9(6(5)12)4-10-8(14)11-9/h5H,2-4H2,1H3,(H2,10,11,14). The molecule has 2 aliphatic rings. The molecule has 1 aliphatic carbocycles. The van der Waals surface area contributed by atoms with E-state index in [4.69, 9.17) is 4.74 Å². The van der Waals surface area contributed by atoms with Gasteiger partial charge >= 0.3 is 12.0 Å². The summed E-state index contributed by atoms with van der Waals surface area (Å²) in [7, 11) is 0. The van der Waals surface area contributed by atoms with Crippen LogP contribution in [0, 0.1) is 5.92 Å². The zero-order chi connectivity index (χ0) is 11.1. The van der Waals surface area contributed by atoms with Crippen LogP contribution in [0.4, 0.5) is 4.79 Å². The number of amides is 2. The van der Waals surface area contributed by atoms with Gasteiger partial charge in [0.25, 0.3) is 0 Å². The van der Waals surface area contributed by atoms with E-state index in [1.807, 2.05) is 0 Å². The van der Waals surface area contributed by atoms with Crippen LogP contribution in [-0.2, 0) is 14.3 Å². The molecule has 2 atom stereocenters. The molecular formula is C9H12N2O4. The maximum atomic E-state index is 11.7. The van der Waals surface area contributed by atoms with Gasteiger partial charge in [-0.2, -0.15) is 0 Å². The van der Waals surface area contributed by atoms with Gasteiger partial charge in [0.05, 0.1) is 6.61 Å². The van der Waals surface area contributed by atoms with Crippen LogP contribution >= 0.6 is 0 Å². The highest BCUT2D eigenvalue weighted by Crippen LogP contribution is 2.36. The second-order valence-electron chi connectivity index (χ2n) is 3.76. The Morgan fingerprint density at radius 1 is 1.60 bits per heavy atom. The lowest BCUT2D eigenvalue weighted by Gasteiger charge is -2.40. The van der Waals surface area contributed by atoms with Crippen molar-refractivity contribution in [2.45, 2.75) is 18.9 Å². The minimum absolute atomic E-state index is 0.251. The van der Waals surface area contributed by atoms with E-state index in [-0.39, 0.29) is 25.0 Å². The van der Waals surface area contributed by atoms with Gasteiger partial charge in [0.1, 0.15) is 11.5 Å². The highest BCUT2D eigenvalue weighted by Gasteiger charge is 2.60. The molecule has 1 saturated heterocycles. The summed E-state index contributed by atoms with van der Waals surface area (Å²) in [5.74, 6) is -1.45. The Kier molecular flexibility index (Phi) is 2.13. The Morgan fingerprint density at radius 3 is 2.80 bits per heavy atom. The Bertz CT molecular complexity index is 341. The second-order valence-corrected chi connectivity index (χ2v) is 3.76. The molecule has 0 radical (unpaired) electrons. The van der Waals surface area contributed by atoms with Crippen molar-refractivity contribution in [3.8, 4) is 0 Å². The number of carbonyl (C=O) groups is 3. The van der Waals surface area contributed by atoms with Gasteiger partial charge in [-0.25, -0.2) is 4.79 Å². The molecule has 2 amide bonds. The first-order valence-corrected chi connectivity index (χ1v) is 4.86. The van der Waals surface area contributed by atoms with E-state index >= 15 is 0 Å². The molecule has 2 rings (SSSR count). The van der Waals surface area contributed by atoms with Crippen molar-refractivity contribution in [1.82, 2.24) is 10.6 Å². The SMILES string of the molecule is CCOC(=O)C1CC2(CNC(=O)N2)C1=O. The van der Waals surface area contributed by atoms with Gasteiger partial charge in [-0.05, 0) is 13.3 Å². The Balaban J connectivity index is 2.00. The number of urea groups is 1. The van der Waals surface area contributed by atoms with Gasteiger partial charge in [-0.15, -0.1) is 0 Å². The quantitative estimate of drug-likeness (QED) is 0.463. The number of ketones is 1. The third-order valence-electron chi connectivity index (χ3n) is 2.82. The molecule has 2 N–H and O–H groups in total. The third kappa shape index (κ3) is 1.36. The summed E-state index contributed by atoms with van der Waals surface area (Å²) in [6.07, 6.45) is 0.337. The van der Waals surface area contributed by atoms with Crippen molar-refractivity contribution in [3.63, 3.8) is 0 Å². The molecule has 1 saturated carbocycles. The lowest BCUT2D eigenvalue weighted by atomic mass is 9.67. The van der Waals surface area contributed by atoms with Crippen molar-refractivity contribution in [2.24, 2.45) is 5.92 Å². The molecule has 6 nitrogen and oxygen atoms in total. The molecule has 6 heteroatoms. The van der Waals surface area contributed by atoms with Gasteiger partial charge in [-0.1, -0.05) is 0 Å². The van der Waals surface area contributed by atoms with Crippen LogP contribution in [-0.4, -0.2) is 36.5 Å². The van der Waals surface area contributed by atoms with E-state index in [1.54, 1.807) is 6.92 Å². The predicted molar refractivity (Wildman–Crippen MR) is 49.0 cm³/mol. The highest BCUT2D eigenvalue weighted by atomic mass is 16.5. The zero-order valence-corrected chi connectivity index (χ0v) is 8.33. The van der Waals surface area contributed by atoms with Crippen LogP contribution in [0.3, 0.4) is 0 Å². The summed E-state index contributed by atoms with van der Waals surface area (Å²) in [5, 5.41) is 5.05. The number of rotatable bonds is 2. The van der Waals surface area contributed by atoms with E-state index in [1.165, 1.54) is 0 Å². The Labute approximate surface area is 86.3 Å². The molecule has 0 aromatic heterocycles. The maximum Gasteiger partial charge on any atom is 0.316 e. The number of hydrogen-bond donors (Lipinski definition) is 2. The first-order valence-electron chi connectivity index (χ1n) is 4.86. The number of carbonyl (C=O) groups excluding carboxylic acids is 3. The molecule has 0 aromatic carbocycles. The highest BCUT2D eigenvalue weighted by molar-refractivity contribution is 6.12. The van der Waals surface area contributed by atoms with Gasteiger partial charge in [0.2, 0.25) is 0 Å². The summed E-state index contributed by atoms with van der Waals surface area (Å²) in [5.41, 5.74) is -0.853. The van der Waals surface area contributed by atoms with Gasteiger partial charge in [0, 0.05) is 6.54 Å². The average molecular weight is 212 g/mol. The first-order chi connectivity index (χ1) is 7.09. The lowest BCUT2D eigenvalue weighted by Crippen LogP contribution is -2.65. The smallest absolute Gasteiger partial charge is 0.316 e. The molecule has 1 spiro atoms. The largest absolute Gasteiger partial charge is 0.465 e. The first kappa shape index (κ1) is 9.95. The van der Waals surface area contributed by atoms with Crippen LogP contribution < -0.4 is 10.6 Å². The lowest BCUT2D eigenvalue weighted by molar-refractivity contribution is -0.160. The van der Waals surface area contributed by atoms with Crippen LogP contribution in [0.1, 0.15) is 13.3 Å². The third-order valence-corrected chi connectivity index (χ3v) is 2.82. The molecule has 0 bridgehead atoms. The van der Waals surface area contributed by atoms with E-state index < -0.39 is 17.4 Å². The molecule has 82 valence electrons. The summed E-state index contributed by atoms with van der Waals surface area (Å²) in [6.45, 7) is 2.22. The maximum absolute atomic E-state index is 11.7. The minimum atomic E-state index is -0.853. The van der Waals surface area contributed by atoms with E-state index in [9.17, 15) is 14.4 Å². The Hall–Kier alpha value is -1.59. The number of hydrogen-bond acceptors (Lipinski definition) is 4. The van der Waals surface area contributed by atoms with Crippen molar-refractivity contribution in [3.05, 3.63) is 0 Å². The van der Waals surface area contributed by atoms with E-state index in [0.717, 1.165) is 0 Å². The number of ether oxygens (including phenoxy) is 1. The average Bonchev–Trinajstić information content (AvgIpc) is 2.59. The number of nitrogens with one attached hydrogen (secondary N) is 2. The fraction of sp³-hybridized carbons (Fsp3) is 0.667. The predicted octanol–water partition coefficient (Wildman–Crippen LogP) is -0.810. The minimum Gasteiger partial charge on any atom is -0.465 e. The fourth-order valence-corrected chi connectivity index (χ4v) is 1.99. The monoisotopic (exact) mass is 212 g/mol. The summed E-state index contributed by atoms with van der Waals surface area (Å²) >= 11 is 0. The topological polar surface area (TPSA) is 84.5 Å². The van der Waals surface area contributed by atoms with E-state index in [0.29, 0.717) is 6.42 Å². The number of Topliss-reactive ketones (excluding diaryl/α,β-unsaturated/α-hetero) is 1. The summed E-state index contributed by atoms with van der Waals surface area (Å²) in [4.78, 5) is 33.9. The van der Waals surface area contributed by atoms with Gasteiger partial charge in [-0.3, -0.25) is 9.59 Å². The normalized spacial score (nSPS) is 33.3. The van der Waals surface area contributed by atoms with Gasteiger partial charge < -0.3 is 15.4 Å². The van der Waals surface area contributed by atoms with Crippen molar-refractivity contribution in [2.75, 3.05) is 13.2 Å². The van der Waals surface area contributed by atoms with Crippen molar-refractivity contribution in [1.29, 1.82) is 0 Å². The van der Waals surface area contributed by atoms with Crippen LogP contribution in [0.15, 0.2) is 0 Å². The zero-order valence-electron chi connectivity index (χ0n) is 8.33. The van der Waals surface area contributed by atoms with Crippen LogP contribution in [0.25, 0.3) is 0 Å². The molecule has 1 aliphatic heterocycles. The fourth-order valence-electron chi connectivity index (χ4n) is 1.99. The van der Waals surface area contributed by atoms with Crippen LogP contribution in [0.2, 0.25) is 0 Å². The summed E-state index contributed by atoms with van der Waals surface area (Å²) in [6, 6.07) is -0.356. The Morgan fingerprint density at radius 2 is 2.33 bits per heavy atom. The van der Waals surface area contributed by atoms with Crippen LogP contribution in [0.5, 0.6) is 0 Å². The van der Waals surface area contributed by atoms with Crippen molar-refractivity contribution < 1.29 is 19.1 Å². The second kappa shape index (κ2) is 3.22. The summed E-state index contributed by atoms with van der Waals surface area (Å²) < 4.78 is 4.75. The molecule has 2 fully saturated rings. The van der Waals surface area contributed by atoms with Gasteiger partial charge in [0.15, 0.2) is 5.78 Å². The number of esters is 1. The van der Waals surface area contributed by atoms with Crippen molar-refractivity contribution >= 4 is 17.8 Å². The molecule has 1 heterocycles.